The van der Waals surface area contributed by atoms with Crippen molar-refractivity contribution in [3.05, 3.63) is 29.1 Å². The maximum absolute atomic E-state index is 11.3. The first-order chi connectivity index (χ1) is 8.82. The topological polar surface area (TPSA) is 55.1 Å². The minimum absolute atomic E-state index is 0.190. The van der Waals surface area contributed by atoms with E-state index in [4.69, 9.17) is 0 Å². The molecule has 2 aromatic rings. The molecule has 0 fully saturated rings. The highest BCUT2D eigenvalue weighted by molar-refractivity contribution is 5.81. The number of aliphatic carboxylic acids is 1. The number of aryl methyl sites for hydroxylation is 2. The van der Waals surface area contributed by atoms with Crippen molar-refractivity contribution in [1.29, 1.82) is 0 Å². The number of carboxylic acids is 1. The van der Waals surface area contributed by atoms with E-state index in [0.29, 0.717) is 0 Å². The first kappa shape index (κ1) is 13.6. The molecule has 4 nitrogen and oxygen atoms in total. The monoisotopic (exact) mass is 260 g/mol. The highest BCUT2D eigenvalue weighted by atomic mass is 16.4. The number of aromatic nitrogens is 2. The van der Waals surface area contributed by atoms with Gasteiger partial charge in [-0.15, -0.1) is 0 Å². The summed E-state index contributed by atoms with van der Waals surface area (Å²) in [5.74, 6) is 0.184. The maximum atomic E-state index is 11.3. The van der Waals surface area contributed by atoms with Gasteiger partial charge >= 0.3 is 5.97 Å². The summed E-state index contributed by atoms with van der Waals surface area (Å²) in [6.07, 6.45) is 0. The van der Waals surface area contributed by atoms with Crippen LogP contribution in [0.5, 0.6) is 0 Å². The number of nitrogens with zero attached hydrogens (tertiary/aromatic N) is 2. The van der Waals surface area contributed by atoms with E-state index in [0.717, 1.165) is 22.4 Å². The Labute approximate surface area is 113 Å². The van der Waals surface area contributed by atoms with Crippen molar-refractivity contribution in [2.45, 2.75) is 46.6 Å². The van der Waals surface area contributed by atoms with Gasteiger partial charge in [0.1, 0.15) is 11.9 Å². The fourth-order valence-electron chi connectivity index (χ4n) is 2.29. The van der Waals surface area contributed by atoms with Gasteiger partial charge in [0.15, 0.2) is 0 Å². The molecular weight excluding hydrogens is 240 g/mol. The van der Waals surface area contributed by atoms with Crippen LogP contribution in [0.15, 0.2) is 12.1 Å². The zero-order chi connectivity index (χ0) is 14.3. The van der Waals surface area contributed by atoms with Crippen molar-refractivity contribution in [3.63, 3.8) is 0 Å². The minimum Gasteiger partial charge on any atom is -0.480 e. The summed E-state index contributed by atoms with van der Waals surface area (Å²) in [4.78, 5) is 15.9. The van der Waals surface area contributed by atoms with Gasteiger partial charge in [-0.2, -0.15) is 0 Å². The van der Waals surface area contributed by atoms with Crippen LogP contribution >= 0.6 is 0 Å². The highest BCUT2D eigenvalue weighted by Crippen LogP contribution is 2.28. The number of benzene rings is 1. The van der Waals surface area contributed by atoms with Crippen molar-refractivity contribution in [2.75, 3.05) is 0 Å². The van der Waals surface area contributed by atoms with E-state index in [1.807, 2.05) is 44.4 Å². The molecule has 19 heavy (non-hydrogen) atoms. The van der Waals surface area contributed by atoms with E-state index < -0.39 is 12.0 Å². The molecule has 2 rings (SSSR count). The Morgan fingerprint density at radius 1 is 1.21 bits per heavy atom. The third-order valence-electron chi connectivity index (χ3n) is 3.59. The molecule has 1 aromatic heterocycles. The average molecular weight is 260 g/mol. The fourth-order valence-corrected chi connectivity index (χ4v) is 2.29. The number of carbonyl (C=O) groups is 1. The van der Waals surface area contributed by atoms with Crippen molar-refractivity contribution in [1.82, 2.24) is 9.55 Å². The summed E-state index contributed by atoms with van der Waals surface area (Å²) < 4.78 is 1.84. The Hall–Kier alpha value is -1.84. The lowest BCUT2D eigenvalue weighted by Crippen LogP contribution is -2.18. The predicted molar refractivity (Wildman–Crippen MR) is 75.6 cm³/mol. The Balaban J connectivity index is 2.80. The lowest BCUT2D eigenvalue weighted by atomic mass is 10.1. The second kappa shape index (κ2) is 4.68. The van der Waals surface area contributed by atoms with Gasteiger partial charge in [-0.05, 0) is 44.0 Å². The second-order valence-electron chi connectivity index (χ2n) is 5.43. The standard InChI is InChI=1S/C15H20N2O2/c1-8(2)14-16-12-6-9(3)10(4)7-13(12)17(14)11(5)15(18)19/h6-8,11H,1-5H3,(H,18,19). The summed E-state index contributed by atoms with van der Waals surface area (Å²) >= 11 is 0. The normalized spacial score (nSPS) is 13.2. The van der Waals surface area contributed by atoms with Crippen molar-refractivity contribution in [3.8, 4) is 0 Å². The van der Waals surface area contributed by atoms with E-state index in [-0.39, 0.29) is 5.92 Å². The average Bonchev–Trinajstić information content (AvgIpc) is 2.67. The Morgan fingerprint density at radius 3 is 2.32 bits per heavy atom. The van der Waals surface area contributed by atoms with E-state index in [2.05, 4.69) is 4.98 Å². The van der Waals surface area contributed by atoms with Gasteiger partial charge in [-0.25, -0.2) is 9.78 Å². The SMILES string of the molecule is Cc1cc2nc(C(C)C)n(C(C)C(=O)O)c2cc1C. The van der Waals surface area contributed by atoms with E-state index in [1.165, 1.54) is 5.56 Å². The van der Waals surface area contributed by atoms with Crippen LogP contribution in [0.1, 0.15) is 49.7 Å². The minimum atomic E-state index is -0.834. The van der Waals surface area contributed by atoms with Gasteiger partial charge in [0.25, 0.3) is 0 Å². The molecule has 102 valence electrons. The molecule has 1 heterocycles. The van der Waals surface area contributed by atoms with Crippen molar-refractivity contribution in [2.24, 2.45) is 0 Å². The number of hydrogen-bond acceptors (Lipinski definition) is 2. The third kappa shape index (κ3) is 2.23. The number of rotatable bonds is 3. The Kier molecular flexibility index (Phi) is 3.35. The first-order valence-corrected chi connectivity index (χ1v) is 6.54. The molecule has 4 heteroatoms. The molecule has 0 saturated carbocycles. The van der Waals surface area contributed by atoms with Crippen LogP contribution in [0.25, 0.3) is 11.0 Å². The Morgan fingerprint density at radius 2 is 1.79 bits per heavy atom. The summed E-state index contributed by atoms with van der Waals surface area (Å²) in [6, 6.07) is 3.45. The molecule has 0 bridgehead atoms. The van der Waals surface area contributed by atoms with Crippen LogP contribution in [0, 0.1) is 13.8 Å². The fraction of sp³-hybridized carbons (Fsp3) is 0.467. The lowest BCUT2D eigenvalue weighted by Gasteiger charge is -2.15. The van der Waals surface area contributed by atoms with Gasteiger partial charge in [-0.1, -0.05) is 13.8 Å². The van der Waals surface area contributed by atoms with Crippen LogP contribution < -0.4 is 0 Å². The van der Waals surface area contributed by atoms with E-state index in [1.54, 1.807) is 6.92 Å². The van der Waals surface area contributed by atoms with Crippen LogP contribution in [0.4, 0.5) is 0 Å². The Bertz CT molecular complexity index is 641. The molecular formula is C15H20N2O2. The quantitative estimate of drug-likeness (QED) is 0.920. The van der Waals surface area contributed by atoms with Crippen molar-refractivity contribution < 1.29 is 9.90 Å². The van der Waals surface area contributed by atoms with Crippen molar-refractivity contribution >= 4 is 17.0 Å². The van der Waals surface area contributed by atoms with E-state index >= 15 is 0 Å². The van der Waals surface area contributed by atoms with Crippen LogP contribution in [-0.4, -0.2) is 20.6 Å². The van der Waals surface area contributed by atoms with Crippen LogP contribution in [-0.2, 0) is 4.79 Å². The first-order valence-electron chi connectivity index (χ1n) is 6.54. The van der Waals surface area contributed by atoms with Gasteiger partial charge in [0.2, 0.25) is 0 Å². The summed E-state index contributed by atoms with van der Waals surface area (Å²) in [6.45, 7) is 9.85. The molecule has 1 unspecified atom stereocenters. The second-order valence-corrected chi connectivity index (χ2v) is 5.43. The molecule has 0 saturated heterocycles. The number of fused-ring (bicyclic) bond motifs is 1. The number of carboxylic acid groups (broad SMARTS) is 1. The number of hydrogen-bond donors (Lipinski definition) is 1. The largest absolute Gasteiger partial charge is 0.480 e. The molecule has 0 amide bonds. The zero-order valence-electron chi connectivity index (χ0n) is 12.1. The van der Waals surface area contributed by atoms with Crippen LogP contribution in [0.2, 0.25) is 0 Å². The summed E-state index contributed by atoms with van der Waals surface area (Å²) in [7, 11) is 0. The van der Waals surface area contributed by atoms with Gasteiger partial charge in [0, 0.05) is 5.92 Å². The highest BCUT2D eigenvalue weighted by Gasteiger charge is 2.22. The zero-order valence-corrected chi connectivity index (χ0v) is 12.1. The van der Waals surface area contributed by atoms with E-state index in [9.17, 15) is 9.90 Å². The molecule has 1 atom stereocenters. The van der Waals surface area contributed by atoms with Gasteiger partial charge in [-0.3, -0.25) is 0 Å². The summed E-state index contributed by atoms with van der Waals surface area (Å²) in [5, 5.41) is 9.29. The molecule has 0 aliphatic heterocycles. The predicted octanol–water partition coefficient (Wildman–Crippen LogP) is 3.42. The number of imidazole rings is 1. The molecule has 1 aromatic carbocycles. The van der Waals surface area contributed by atoms with Gasteiger partial charge in [0.05, 0.1) is 11.0 Å². The molecule has 0 radical (unpaired) electrons. The van der Waals surface area contributed by atoms with Gasteiger partial charge < -0.3 is 9.67 Å². The maximum Gasteiger partial charge on any atom is 0.326 e. The lowest BCUT2D eigenvalue weighted by molar-refractivity contribution is -0.140. The molecule has 0 aliphatic rings. The summed E-state index contributed by atoms with van der Waals surface area (Å²) in [5.41, 5.74) is 4.11. The molecule has 1 N–H and O–H groups in total. The van der Waals surface area contributed by atoms with Crippen LogP contribution in [0.3, 0.4) is 0 Å². The molecule has 0 spiro atoms. The molecule has 0 aliphatic carbocycles. The smallest absolute Gasteiger partial charge is 0.326 e. The third-order valence-corrected chi connectivity index (χ3v) is 3.59.